The third-order valence-corrected chi connectivity index (χ3v) is 4.20. The molecule has 0 saturated heterocycles. The molecule has 2 aromatic carbocycles. The molecule has 3 nitrogen and oxygen atoms in total. The first-order valence-electron chi connectivity index (χ1n) is 5.82. The number of benzene rings is 2. The van der Waals surface area contributed by atoms with Crippen LogP contribution in [0.5, 0.6) is 0 Å². The lowest BCUT2D eigenvalue weighted by molar-refractivity contribution is -0.142. The van der Waals surface area contributed by atoms with Gasteiger partial charge < -0.3 is 4.84 Å². The molecule has 0 fully saturated rings. The zero-order chi connectivity index (χ0) is 13.3. The summed E-state index contributed by atoms with van der Waals surface area (Å²) in [5.41, 5.74) is 2.23. The van der Waals surface area contributed by atoms with E-state index >= 15 is 0 Å². The Morgan fingerprint density at radius 2 is 1.53 bits per heavy atom. The van der Waals surface area contributed by atoms with E-state index < -0.39 is 10.3 Å². The summed E-state index contributed by atoms with van der Waals surface area (Å²) in [6, 6.07) is 18.9. The summed E-state index contributed by atoms with van der Waals surface area (Å²) in [4.78, 5) is 17.0. The highest BCUT2D eigenvalue weighted by atomic mass is 79.9. The van der Waals surface area contributed by atoms with Crippen LogP contribution in [0.1, 0.15) is 11.1 Å². The zero-order valence-electron chi connectivity index (χ0n) is 9.92. The highest BCUT2D eigenvalue weighted by Crippen LogP contribution is 2.40. The molecule has 0 aliphatic carbocycles. The molecule has 0 bridgehead atoms. The van der Waals surface area contributed by atoms with E-state index in [0.29, 0.717) is 5.71 Å². The van der Waals surface area contributed by atoms with Crippen molar-refractivity contribution in [2.45, 2.75) is 4.32 Å². The zero-order valence-corrected chi connectivity index (χ0v) is 11.5. The quantitative estimate of drug-likeness (QED) is 0.630. The molecule has 4 heteroatoms. The molecule has 1 aliphatic heterocycles. The van der Waals surface area contributed by atoms with E-state index in [1.165, 1.54) is 0 Å². The first-order valence-corrected chi connectivity index (χ1v) is 6.62. The third kappa shape index (κ3) is 1.88. The van der Waals surface area contributed by atoms with Crippen LogP contribution < -0.4 is 0 Å². The molecule has 1 atom stereocenters. The van der Waals surface area contributed by atoms with Crippen LogP contribution >= 0.6 is 15.9 Å². The topological polar surface area (TPSA) is 38.7 Å². The second-order valence-corrected chi connectivity index (χ2v) is 5.40. The smallest absolute Gasteiger partial charge is 0.315 e. The molecule has 2 aromatic rings. The van der Waals surface area contributed by atoms with Crippen LogP contribution in [-0.2, 0) is 14.0 Å². The number of nitrogens with zero attached hydrogens (tertiary/aromatic N) is 1. The Kier molecular flexibility index (Phi) is 2.95. The second kappa shape index (κ2) is 4.63. The van der Waals surface area contributed by atoms with Crippen molar-refractivity contribution in [3.8, 4) is 0 Å². The van der Waals surface area contributed by atoms with Gasteiger partial charge in [-0.05, 0) is 5.56 Å². The number of hydrogen-bond donors (Lipinski definition) is 0. The van der Waals surface area contributed by atoms with E-state index in [2.05, 4.69) is 21.1 Å². The fourth-order valence-corrected chi connectivity index (χ4v) is 2.72. The summed E-state index contributed by atoms with van der Waals surface area (Å²) in [5.74, 6) is -0.419. The van der Waals surface area contributed by atoms with E-state index in [0.717, 1.165) is 11.1 Å². The van der Waals surface area contributed by atoms with Gasteiger partial charge in [-0.2, -0.15) is 0 Å². The SMILES string of the molecule is O=C1ON=C(c2ccccc2)C1(Br)c1ccccc1. The van der Waals surface area contributed by atoms with Crippen molar-refractivity contribution < 1.29 is 9.63 Å². The number of alkyl halides is 1. The van der Waals surface area contributed by atoms with Gasteiger partial charge in [0, 0.05) is 5.56 Å². The minimum absolute atomic E-state index is 0.419. The highest BCUT2D eigenvalue weighted by Gasteiger charge is 2.50. The number of carbonyl (C=O) groups is 1. The summed E-state index contributed by atoms with van der Waals surface area (Å²) < 4.78 is -1.03. The van der Waals surface area contributed by atoms with Gasteiger partial charge >= 0.3 is 5.97 Å². The molecule has 3 rings (SSSR count). The lowest BCUT2D eigenvalue weighted by Gasteiger charge is -2.19. The molecule has 0 amide bonds. The van der Waals surface area contributed by atoms with Gasteiger partial charge in [0.1, 0.15) is 5.71 Å². The lowest BCUT2D eigenvalue weighted by Crippen LogP contribution is -2.34. The minimum atomic E-state index is -1.03. The predicted octanol–water partition coefficient (Wildman–Crippen LogP) is 3.24. The average Bonchev–Trinajstić information content (AvgIpc) is 2.78. The van der Waals surface area contributed by atoms with E-state index in [9.17, 15) is 4.79 Å². The first kappa shape index (κ1) is 12.1. The van der Waals surface area contributed by atoms with Gasteiger partial charge in [0.15, 0.2) is 4.32 Å². The van der Waals surface area contributed by atoms with Gasteiger partial charge in [0.2, 0.25) is 0 Å². The van der Waals surface area contributed by atoms with Crippen molar-refractivity contribution in [3.63, 3.8) is 0 Å². The number of halogens is 1. The standard InChI is InChI=1S/C15H10BrNO2/c16-15(12-9-5-2-6-10-12)13(17-19-14(15)18)11-7-3-1-4-8-11/h1-10H. The summed E-state index contributed by atoms with van der Waals surface area (Å²) in [6.45, 7) is 0. The van der Waals surface area contributed by atoms with Crippen LogP contribution in [0, 0.1) is 0 Å². The maximum Gasteiger partial charge on any atom is 0.362 e. The van der Waals surface area contributed by atoms with Gasteiger partial charge in [-0.15, -0.1) is 0 Å². The lowest BCUT2D eigenvalue weighted by atomic mass is 9.90. The van der Waals surface area contributed by atoms with Gasteiger partial charge in [-0.25, -0.2) is 4.79 Å². The number of hydrogen-bond acceptors (Lipinski definition) is 3. The van der Waals surface area contributed by atoms with Crippen molar-refractivity contribution in [3.05, 3.63) is 71.8 Å². The van der Waals surface area contributed by atoms with Gasteiger partial charge in [0.05, 0.1) is 0 Å². The maximum atomic E-state index is 12.1. The molecule has 0 aromatic heterocycles. The Hall–Kier alpha value is -1.94. The van der Waals surface area contributed by atoms with E-state index in [-0.39, 0.29) is 0 Å². The molecule has 94 valence electrons. The molecule has 0 saturated carbocycles. The Morgan fingerprint density at radius 3 is 2.16 bits per heavy atom. The molecular weight excluding hydrogens is 306 g/mol. The fourth-order valence-electron chi connectivity index (χ4n) is 2.08. The number of rotatable bonds is 2. The Bertz CT molecular complexity index is 640. The van der Waals surface area contributed by atoms with Gasteiger partial charge in [-0.1, -0.05) is 81.7 Å². The van der Waals surface area contributed by atoms with E-state index in [1.54, 1.807) is 0 Å². The Morgan fingerprint density at radius 1 is 0.947 bits per heavy atom. The Labute approximate surface area is 119 Å². The van der Waals surface area contributed by atoms with Crippen molar-refractivity contribution in [2.24, 2.45) is 5.16 Å². The predicted molar refractivity (Wildman–Crippen MR) is 76.1 cm³/mol. The molecular formula is C15H10BrNO2. The molecule has 0 N–H and O–H groups in total. The molecule has 1 aliphatic rings. The number of oxime groups is 1. The van der Waals surface area contributed by atoms with Gasteiger partial charge in [-0.3, -0.25) is 0 Å². The van der Waals surface area contributed by atoms with Crippen molar-refractivity contribution in [1.82, 2.24) is 0 Å². The first-order chi connectivity index (χ1) is 9.23. The summed E-state index contributed by atoms with van der Waals surface area (Å²) in [6.07, 6.45) is 0. The van der Waals surface area contributed by atoms with E-state index in [1.807, 2.05) is 60.7 Å². The van der Waals surface area contributed by atoms with Crippen molar-refractivity contribution in [1.29, 1.82) is 0 Å². The molecule has 0 spiro atoms. The van der Waals surface area contributed by atoms with Crippen LogP contribution in [0.2, 0.25) is 0 Å². The monoisotopic (exact) mass is 315 g/mol. The van der Waals surface area contributed by atoms with Crippen LogP contribution in [0.3, 0.4) is 0 Å². The fraction of sp³-hybridized carbons (Fsp3) is 0.0667. The second-order valence-electron chi connectivity index (χ2n) is 4.21. The molecule has 0 radical (unpaired) electrons. The van der Waals surface area contributed by atoms with Crippen LogP contribution in [0.4, 0.5) is 0 Å². The highest BCUT2D eigenvalue weighted by molar-refractivity contribution is 9.10. The summed E-state index contributed by atoms with van der Waals surface area (Å²) >= 11 is 3.52. The average molecular weight is 316 g/mol. The van der Waals surface area contributed by atoms with Crippen LogP contribution in [0.25, 0.3) is 0 Å². The van der Waals surface area contributed by atoms with Crippen LogP contribution in [0.15, 0.2) is 65.8 Å². The summed E-state index contributed by atoms with van der Waals surface area (Å²) in [5, 5.41) is 3.94. The number of carbonyl (C=O) groups excluding carboxylic acids is 1. The Balaban J connectivity index is 2.13. The maximum absolute atomic E-state index is 12.1. The normalized spacial score (nSPS) is 21.9. The molecule has 19 heavy (non-hydrogen) atoms. The minimum Gasteiger partial charge on any atom is -0.315 e. The molecule has 1 heterocycles. The van der Waals surface area contributed by atoms with E-state index in [4.69, 9.17) is 4.84 Å². The van der Waals surface area contributed by atoms with Crippen molar-refractivity contribution in [2.75, 3.05) is 0 Å². The molecule has 1 unspecified atom stereocenters. The van der Waals surface area contributed by atoms with Crippen molar-refractivity contribution >= 4 is 27.6 Å². The summed E-state index contributed by atoms with van der Waals surface area (Å²) in [7, 11) is 0. The third-order valence-electron chi connectivity index (χ3n) is 3.05. The van der Waals surface area contributed by atoms with Crippen LogP contribution in [-0.4, -0.2) is 11.7 Å². The van der Waals surface area contributed by atoms with Gasteiger partial charge in [0.25, 0.3) is 0 Å². The largest absolute Gasteiger partial charge is 0.362 e.